The fraction of sp³-hybridized carbons (Fsp3) is 0.217. The third kappa shape index (κ3) is 4.35. The van der Waals surface area contributed by atoms with Crippen LogP contribution < -0.4 is 14.2 Å². The molecule has 1 aliphatic rings. The van der Waals surface area contributed by atoms with Gasteiger partial charge in [0, 0.05) is 18.2 Å². The predicted molar refractivity (Wildman–Crippen MR) is 111 cm³/mol. The van der Waals surface area contributed by atoms with E-state index < -0.39 is 11.8 Å². The van der Waals surface area contributed by atoms with Gasteiger partial charge in [0.15, 0.2) is 11.5 Å². The van der Waals surface area contributed by atoms with Crippen molar-refractivity contribution in [3.8, 4) is 17.2 Å². The van der Waals surface area contributed by atoms with Gasteiger partial charge in [-0.25, -0.2) is 4.39 Å². The number of halogens is 1. The summed E-state index contributed by atoms with van der Waals surface area (Å²) in [6.45, 7) is 0.280. The molecular formula is C23H22FNO5. The Hall–Kier alpha value is -3.61. The summed E-state index contributed by atoms with van der Waals surface area (Å²) in [6, 6.07) is 9.03. The lowest BCUT2D eigenvalue weighted by Crippen LogP contribution is -2.39. The number of rotatable bonds is 6. The average molecular weight is 411 g/mol. The normalized spacial score (nSPS) is 13.9. The summed E-state index contributed by atoms with van der Waals surface area (Å²) in [5, 5.41) is 0. The molecule has 0 aliphatic carbocycles. The van der Waals surface area contributed by atoms with E-state index in [9.17, 15) is 14.0 Å². The molecule has 1 aliphatic heterocycles. The molecule has 0 radical (unpaired) electrons. The van der Waals surface area contributed by atoms with Crippen LogP contribution in [0.2, 0.25) is 0 Å². The van der Waals surface area contributed by atoms with Crippen molar-refractivity contribution in [1.29, 1.82) is 0 Å². The second-order valence-corrected chi connectivity index (χ2v) is 6.50. The number of imide groups is 1. The topological polar surface area (TPSA) is 65.1 Å². The van der Waals surface area contributed by atoms with Gasteiger partial charge in [0.1, 0.15) is 5.82 Å². The Balaban J connectivity index is 1.80. The van der Waals surface area contributed by atoms with Gasteiger partial charge < -0.3 is 14.2 Å². The molecular weight excluding hydrogens is 389 g/mol. The van der Waals surface area contributed by atoms with Crippen molar-refractivity contribution in [2.24, 2.45) is 0 Å². The first-order valence-corrected chi connectivity index (χ1v) is 9.28. The molecule has 0 fully saturated rings. The molecule has 0 N–H and O–H groups in total. The Labute approximate surface area is 174 Å². The van der Waals surface area contributed by atoms with E-state index in [1.165, 1.54) is 56.6 Å². The molecule has 0 saturated heterocycles. The van der Waals surface area contributed by atoms with Gasteiger partial charge in [0.2, 0.25) is 5.75 Å². The van der Waals surface area contributed by atoms with Crippen LogP contribution in [0.5, 0.6) is 17.2 Å². The molecule has 2 aromatic carbocycles. The molecule has 0 bridgehead atoms. The number of ether oxygens (including phenoxy) is 3. The van der Waals surface area contributed by atoms with Crippen molar-refractivity contribution in [2.45, 2.75) is 6.42 Å². The maximum atomic E-state index is 13.2. The maximum Gasteiger partial charge on any atom is 0.261 e. The number of hydrogen-bond acceptors (Lipinski definition) is 5. The zero-order valence-corrected chi connectivity index (χ0v) is 17.0. The summed E-state index contributed by atoms with van der Waals surface area (Å²) in [5.41, 5.74) is 1.61. The Morgan fingerprint density at radius 2 is 1.67 bits per heavy atom. The fourth-order valence-corrected chi connectivity index (χ4v) is 3.21. The van der Waals surface area contributed by atoms with E-state index >= 15 is 0 Å². The van der Waals surface area contributed by atoms with E-state index in [-0.39, 0.29) is 12.4 Å². The minimum Gasteiger partial charge on any atom is -0.493 e. The minimum absolute atomic E-state index is 0.280. The second-order valence-electron chi connectivity index (χ2n) is 6.50. The molecule has 0 aromatic heterocycles. The van der Waals surface area contributed by atoms with E-state index in [1.54, 1.807) is 24.3 Å². The van der Waals surface area contributed by atoms with E-state index in [0.717, 1.165) is 0 Å². The average Bonchev–Trinajstić information content (AvgIpc) is 2.77. The van der Waals surface area contributed by atoms with E-state index in [2.05, 4.69) is 0 Å². The first kappa shape index (κ1) is 21.1. The second kappa shape index (κ2) is 9.26. The zero-order chi connectivity index (χ0) is 21.7. The highest BCUT2D eigenvalue weighted by molar-refractivity contribution is 6.25. The van der Waals surface area contributed by atoms with E-state index in [1.807, 2.05) is 0 Å². The van der Waals surface area contributed by atoms with Gasteiger partial charge in [-0.15, -0.1) is 0 Å². The summed E-state index contributed by atoms with van der Waals surface area (Å²) >= 11 is 0. The van der Waals surface area contributed by atoms with Crippen LogP contribution in [0.25, 0.3) is 11.6 Å². The van der Waals surface area contributed by atoms with Gasteiger partial charge in [-0.3, -0.25) is 14.5 Å². The van der Waals surface area contributed by atoms with Crippen molar-refractivity contribution in [1.82, 2.24) is 4.90 Å². The minimum atomic E-state index is -0.443. The highest BCUT2D eigenvalue weighted by Gasteiger charge is 2.26. The van der Waals surface area contributed by atoms with Crippen LogP contribution in [0.4, 0.5) is 4.39 Å². The molecule has 7 heteroatoms. The number of carbonyl (C=O) groups is 2. The summed E-state index contributed by atoms with van der Waals surface area (Å²) in [5.74, 6) is 0.125. The van der Waals surface area contributed by atoms with Crippen LogP contribution in [0.1, 0.15) is 17.5 Å². The lowest BCUT2D eigenvalue weighted by molar-refractivity contribution is -0.138. The van der Waals surface area contributed by atoms with Crippen LogP contribution in [-0.2, 0) is 9.59 Å². The van der Waals surface area contributed by atoms with Gasteiger partial charge in [-0.05, 0) is 47.9 Å². The number of hydrogen-bond donors (Lipinski definition) is 0. The lowest BCUT2D eigenvalue weighted by Gasteiger charge is -2.24. The quantitative estimate of drug-likeness (QED) is 0.678. The SMILES string of the molecule is COc1cc(/C=C/C(=O)N2CCC=C(c3ccc(F)cc3)C2=O)cc(OC)c1OC. The Morgan fingerprint density at radius 1 is 1.03 bits per heavy atom. The van der Waals surface area contributed by atoms with E-state index in [4.69, 9.17) is 14.2 Å². The highest BCUT2D eigenvalue weighted by atomic mass is 19.1. The lowest BCUT2D eigenvalue weighted by atomic mass is 10.00. The molecule has 0 atom stereocenters. The summed E-state index contributed by atoms with van der Waals surface area (Å²) in [7, 11) is 4.52. The first-order valence-electron chi connectivity index (χ1n) is 9.28. The number of benzene rings is 2. The van der Waals surface area contributed by atoms with Gasteiger partial charge in [-0.2, -0.15) is 0 Å². The number of amides is 2. The Kier molecular flexibility index (Phi) is 6.51. The van der Waals surface area contributed by atoms with Gasteiger partial charge in [-0.1, -0.05) is 18.2 Å². The van der Waals surface area contributed by atoms with Crippen molar-refractivity contribution >= 4 is 23.5 Å². The monoisotopic (exact) mass is 411 g/mol. The molecule has 2 aromatic rings. The summed E-state index contributed by atoms with van der Waals surface area (Å²) in [4.78, 5) is 26.7. The third-order valence-corrected chi connectivity index (χ3v) is 4.70. The molecule has 156 valence electrons. The van der Waals surface area contributed by atoms with Crippen LogP contribution in [0.15, 0.2) is 48.6 Å². The smallest absolute Gasteiger partial charge is 0.261 e. The van der Waals surface area contributed by atoms with Gasteiger partial charge in [0.05, 0.1) is 21.3 Å². The molecule has 0 spiro atoms. The van der Waals surface area contributed by atoms with Crippen LogP contribution >= 0.6 is 0 Å². The number of carbonyl (C=O) groups excluding carboxylic acids is 2. The molecule has 3 rings (SSSR count). The van der Waals surface area contributed by atoms with Crippen molar-refractivity contribution in [3.05, 3.63) is 65.5 Å². The number of nitrogens with zero attached hydrogens (tertiary/aromatic N) is 1. The maximum absolute atomic E-state index is 13.2. The highest BCUT2D eigenvalue weighted by Crippen LogP contribution is 2.38. The number of methoxy groups -OCH3 is 3. The van der Waals surface area contributed by atoms with Crippen LogP contribution in [-0.4, -0.2) is 44.6 Å². The van der Waals surface area contributed by atoms with Crippen molar-refractivity contribution in [3.63, 3.8) is 0 Å². The van der Waals surface area contributed by atoms with Crippen LogP contribution in [0, 0.1) is 5.82 Å². The first-order chi connectivity index (χ1) is 14.5. The standard InChI is InChI=1S/C23H22FNO5/c1-28-19-13-15(14-20(29-2)22(19)30-3)6-11-21(26)25-12-4-5-18(23(25)27)16-7-9-17(24)10-8-16/h5-11,13-14H,4,12H2,1-3H3/b11-6+. The van der Waals surface area contributed by atoms with E-state index in [0.29, 0.717) is 40.4 Å². The Morgan fingerprint density at radius 3 is 2.23 bits per heavy atom. The van der Waals surface area contributed by atoms with Crippen molar-refractivity contribution in [2.75, 3.05) is 27.9 Å². The molecule has 30 heavy (non-hydrogen) atoms. The molecule has 0 unspecified atom stereocenters. The predicted octanol–water partition coefficient (Wildman–Crippen LogP) is 3.71. The largest absolute Gasteiger partial charge is 0.493 e. The summed E-state index contributed by atoms with van der Waals surface area (Å²) in [6.07, 6.45) is 5.20. The molecule has 6 nitrogen and oxygen atoms in total. The molecule has 0 saturated carbocycles. The fourth-order valence-electron chi connectivity index (χ4n) is 3.21. The van der Waals surface area contributed by atoms with Gasteiger partial charge in [0.25, 0.3) is 11.8 Å². The summed E-state index contributed by atoms with van der Waals surface area (Å²) < 4.78 is 29.1. The van der Waals surface area contributed by atoms with Crippen molar-refractivity contribution < 1.29 is 28.2 Å². The molecule has 2 amide bonds. The van der Waals surface area contributed by atoms with Crippen LogP contribution in [0.3, 0.4) is 0 Å². The third-order valence-electron chi connectivity index (χ3n) is 4.70. The van der Waals surface area contributed by atoms with Gasteiger partial charge >= 0.3 is 0 Å². The Bertz CT molecular complexity index is 986. The zero-order valence-electron chi connectivity index (χ0n) is 17.0. The molecule has 1 heterocycles.